The van der Waals surface area contributed by atoms with Crippen molar-refractivity contribution in [3.05, 3.63) is 5.01 Å². The van der Waals surface area contributed by atoms with Crippen molar-refractivity contribution in [1.29, 1.82) is 0 Å². The summed E-state index contributed by atoms with van der Waals surface area (Å²) >= 11 is 1.34. The Balaban J connectivity index is 2.40. The molecule has 1 aromatic heterocycles. The Hall–Kier alpha value is -0.550. The molecular formula is C5H10N4S. The maximum Gasteiger partial charge on any atom is 0.138 e. The Bertz CT molecular complexity index is 174. The highest BCUT2D eigenvalue weighted by Crippen LogP contribution is 2.05. The molecule has 1 heterocycles. The van der Waals surface area contributed by atoms with Crippen molar-refractivity contribution in [2.75, 3.05) is 6.54 Å². The van der Waals surface area contributed by atoms with E-state index in [2.05, 4.69) is 21.7 Å². The highest BCUT2D eigenvalue weighted by molar-refractivity contribution is 7.05. The lowest BCUT2D eigenvalue weighted by atomic mass is 10.1. The SMILES string of the molecule is CC(CN)Cc1nnns1. The summed E-state index contributed by atoms with van der Waals surface area (Å²) in [5.74, 6) is 0.481. The van der Waals surface area contributed by atoms with Gasteiger partial charge in [-0.15, -0.1) is 5.10 Å². The van der Waals surface area contributed by atoms with Crippen LogP contribution in [0.15, 0.2) is 0 Å². The van der Waals surface area contributed by atoms with Crippen molar-refractivity contribution >= 4 is 11.5 Å². The monoisotopic (exact) mass is 158 g/mol. The largest absolute Gasteiger partial charge is 0.330 e. The molecule has 2 N–H and O–H groups in total. The summed E-state index contributed by atoms with van der Waals surface area (Å²) in [6.07, 6.45) is 0.897. The van der Waals surface area contributed by atoms with Gasteiger partial charge in [0.05, 0.1) is 0 Å². The van der Waals surface area contributed by atoms with Gasteiger partial charge < -0.3 is 5.73 Å². The zero-order valence-electron chi connectivity index (χ0n) is 5.82. The van der Waals surface area contributed by atoms with Crippen LogP contribution in [-0.4, -0.2) is 21.3 Å². The van der Waals surface area contributed by atoms with Crippen LogP contribution in [0.3, 0.4) is 0 Å². The van der Waals surface area contributed by atoms with Gasteiger partial charge in [-0.3, -0.25) is 0 Å². The van der Waals surface area contributed by atoms with Crippen LogP contribution in [0.5, 0.6) is 0 Å². The normalized spacial score (nSPS) is 13.4. The molecule has 1 atom stereocenters. The van der Waals surface area contributed by atoms with Gasteiger partial charge >= 0.3 is 0 Å². The van der Waals surface area contributed by atoms with E-state index < -0.39 is 0 Å². The minimum atomic E-state index is 0.481. The summed E-state index contributed by atoms with van der Waals surface area (Å²) in [4.78, 5) is 0. The van der Waals surface area contributed by atoms with Crippen LogP contribution in [0.4, 0.5) is 0 Å². The standard InChI is InChI=1S/C5H10N4S/c1-4(3-6)2-5-7-8-9-10-5/h4H,2-3,6H2,1H3. The van der Waals surface area contributed by atoms with Gasteiger partial charge in [0.2, 0.25) is 0 Å². The van der Waals surface area contributed by atoms with Crippen molar-refractivity contribution in [2.45, 2.75) is 13.3 Å². The molecule has 0 radical (unpaired) electrons. The summed E-state index contributed by atoms with van der Waals surface area (Å²) < 4.78 is 3.65. The molecule has 0 aliphatic heterocycles. The minimum absolute atomic E-state index is 0.481. The van der Waals surface area contributed by atoms with Crippen molar-refractivity contribution in [1.82, 2.24) is 14.8 Å². The summed E-state index contributed by atoms with van der Waals surface area (Å²) in [6, 6.07) is 0. The zero-order valence-corrected chi connectivity index (χ0v) is 6.64. The number of nitrogens with two attached hydrogens (primary N) is 1. The fourth-order valence-corrected chi connectivity index (χ4v) is 1.21. The molecule has 0 amide bonds. The third-order valence-corrected chi connectivity index (χ3v) is 1.88. The van der Waals surface area contributed by atoms with Crippen LogP contribution in [0.1, 0.15) is 11.9 Å². The quantitative estimate of drug-likeness (QED) is 0.676. The van der Waals surface area contributed by atoms with Gasteiger partial charge in [0.25, 0.3) is 0 Å². The second-order valence-corrected chi connectivity index (χ2v) is 3.12. The van der Waals surface area contributed by atoms with Crippen LogP contribution >= 0.6 is 11.5 Å². The van der Waals surface area contributed by atoms with Gasteiger partial charge in [0.15, 0.2) is 0 Å². The van der Waals surface area contributed by atoms with Crippen LogP contribution < -0.4 is 5.73 Å². The average Bonchev–Trinajstić information content (AvgIpc) is 2.40. The number of rotatable bonds is 3. The lowest BCUT2D eigenvalue weighted by molar-refractivity contribution is 0.587. The minimum Gasteiger partial charge on any atom is -0.330 e. The van der Waals surface area contributed by atoms with E-state index in [0.717, 1.165) is 11.4 Å². The predicted molar refractivity (Wildman–Crippen MR) is 39.6 cm³/mol. The van der Waals surface area contributed by atoms with Gasteiger partial charge in [0, 0.05) is 18.0 Å². The lowest BCUT2D eigenvalue weighted by Crippen LogP contribution is -2.12. The summed E-state index contributed by atoms with van der Waals surface area (Å²) in [6.45, 7) is 2.78. The third kappa shape index (κ3) is 2.00. The van der Waals surface area contributed by atoms with Crippen LogP contribution in [0.2, 0.25) is 0 Å². The van der Waals surface area contributed by atoms with Gasteiger partial charge in [0.1, 0.15) is 5.01 Å². The molecule has 0 aliphatic carbocycles. The van der Waals surface area contributed by atoms with Gasteiger partial charge in [-0.2, -0.15) is 0 Å². The Kier molecular flexibility index (Phi) is 2.70. The molecule has 5 heteroatoms. The Morgan fingerprint density at radius 3 is 3.00 bits per heavy atom. The van der Waals surface area contributed by atoms with Crippen molar-refractivity contribution < 1.29 is 0 Å². The third-order valence-electron chi connectivity index (χ3n) is 1.26. The molecule has 0 aliphatic rings. The highest BCUT2D eigenvalue weighted by Gasteiger charge is 2.03. The molecule has 0 fully saturated rings. The molecule has 4 nitrogen and oxygen atoms in total. The van der Waals surface area contributed by atoms with Crippen molar-refractivity contribution in [3.63, 3.8) is 0 Å². The van der Waals surface area contributed by atoms with Gasteiger partial charge in [-0.1, -0.05) is 11.4 Å². The van der Waals surface area contributed by atoms with Crippen LogP contribution in [-0.2, 0) is 6.42 Å². The fraction of sp³-hybridized carbons (Fsp3) is 0.800. The van der Waals surface area contributed by atoms with E-state index in [-0.39, 0.29) is 0 Å². The van der Waals surface area contributed by atoms with E-state index in [9.17, 15) is 0 Å². The second-order valence-electron chi connectivity index (χ2n) is 2.30. The highest BCUT2D eigenvalue weighted by atomic mass is 32.1. The summed E-state index contributed by atoms with van der Waals surface area (Å²) in [5, 5.41) is 8.26. The van der Waals surface area contributed by atoms with Crippen LogP contribution in [0, 0.1) is 5.92 Å². The smallest absolute Gasteiger partial charge is 0.138 e. The molecule has 56 valence electrons. The van der Waals surface area contributed by atoms with Crippen molar-refractivity contribution in [2.24, 2.45) is 11.7 Å². The molecule has 0 saturated carbocycles. The first kappa shape index (κ1) is 7.56. The van der Waals surface area contributed by atoms with Gasteiger partial charge in [-0.05, 0) is 17.7 Å². The first-order chi connectivity index (χ1) is 4.83. The van der Waals surface area contributed by atoms with E-state index >= 15 is 0 Å². The van der Waals surface area contributed by atoms with E-state index in [1.165, 1.54) is 11.5 Å². The second kappa shape index (κ2) is 3.58. The first-order valence-corrected chi connectivity index (χ1v) is 3.94. The molecule has 10 heavy (non-hydrogen) atoms. The average molecular weight is 158 g/mol. The number of aromatic nitrogens is 3. The Morgan fingerprint density at radius 1 is 1.70 bits per heavy atom. The lowest BCUT2D eigenvalue weighted by Gasteiger charge is -2.01. The maximum absolute atomic E-state index is 5.42. The molecular weight excluding hydrogens is 148 g/mol. The fourth-order valence-electron chi connectivity index (χ4n) is 0.611. The van der Waals surface area contributed by atoms with Crippen LogP contribution in [0.25, 0.3) is 0 Å². The van der Waals surface area contributed by atoms with Crippen molar-refractivity contribution in [3.8, 4) is 0 Å². The zero-order chi connectivity index (χ0) is 7.40. The molecule has 1 unspecified atom stereocenters. The van der Waals surface area contributed by atoms with E-state index in [0.29, 0.717) is 12.5 Å². The first-order valence-electron chi connectivity index (χ1n) is 3.17. The number of nitrogens with zero attached hydrogens (tertiary/aromatic N) is 3. The summed E-state index contributed by atoms with van der Waals surface area (Å²) in [5.41, 5.74) is 5.42. The van der Waals surface area contributed by atoms with Gasteiger partial charge in [-0.25, -0.2) is 0 Å². The molecule has 1 rings (SSSR count). The number of hydrogen-bond acceptors (Lipinski definition) is 5. The van der Waals surface area contributed by atoms with E-state index in [4.69, 9.17) is 5.73 Å². The molecule has 0 bridgehead atoms. The molecule has 0 spiro atoms. The van der Waals surface area contributed by atoms with E-state index in [1.807, 2.05) is 0 Å². The topological polar surface area (TPSA) is 64.7 Å². The molecule has 0 saturated heterocycles. The Morgan fingerprint density at radius 2 is 2.50 bits per heavy atom. The molecule has 1 aromatic rings. The predicted octanol–water partition coefficient (Wildman–Crippen LogP) is 0.0704. The Labute approximate surface area is 63.6 Å². The summed E-state index contributed by atoms with van der Waals surface area (Å²) in [7, 11) is 0. The molecule has 0 aromatic carbocycles. The maximum atomic E-state index is 5.42. The number of hydrogen-bond donors (Lipinski definition) is 1. The van der Waals surface area contributed by atoms with E-state index in [1.54, 1.807) is 0 Å².